The lowest BCUT2D eigenvalue weighted by Gasteiger charge is -2.14. The Morgan fingerprint density at radius 2 is 1.72 bits per heavy atom. The summed E-state index contributed by atoms with van der Waals surface area (Å²) in [6, 6.07) is 17.7. The molecule has 0 aliphatic heterocycles. The van der Waals surface area contributed by atoms with Crippen LogP contribution in [0.15, 0.2) is 59.0 Å². The van der Waals surface area contributed by atoms with Crippen LogP contribution in [0, 0.1) is 20.8 Å². The highest BCUT2D eigenvalue weighted by atomic mass is 16.5. The highest BCUT2D eigenvalue weighted by Crippen LogP contribution is 2.29. The highest BCUT2D eigenvalue weighted by Gasteiger charge is 2.13. The smallest absolute Gasteiger partial charge is 0.262 e. The lowest BCUT2D eigenvalue weighted by atomic mass is 10.0. The third-order valence-electron chi connectivity index (χ3n) is 5.29. The Hall–Kier alpha value is -3.60. The first-order valence-corrected chi connectivity index (χ1v) is 10.8. The lowest BCUT2D eigenvalue weighted by Crippen LogP contribution is -2.20. The van der Waals surface area contributed by atoms with Gasteiger partial charge in [-0.3, -0.25) is 4.79 Å². The fourth-order valence-electron chi connectivity index (χ4n) is 3.81. The van der Waals surface area contributed by atoms with Crippen molar-refractivity contribution in [2.45, 2.75) is 40.5 Å². The number of fused-ring (bicyclic) bond motifs is 1. The molecule has 4 rings (SSSR count). The van der Waals surface area contributed by atoms with Gasteiger partial charge in [0.15, 0.2) is 12.2 Å². The third kappa shape index (κ3) is 4.83. The molecule has 0 saturated heterocycles. The van der Waals surface area contributed by atoms with Crippen molar-refractivity contribution in [3.63, 3.8) is 0 Å². The van der Waals surface area contributed by atoms with E-state index in [2.05, 4.69) is 68.3 Å². The second-order valence-electron chi connectivity index (χ2n) is 8.61. The summed E-state index contributed by atoms with van der Waals surface area (Å²) in [6.07, 6.45) is 0. The second kappa shape index (κ2) is 8.87. The number of hydrogen-bond acceptors (Lipinski definition) is 4. The average molecular weight is 429 g/mol. The van der Waals surface area contributed by atoms with Crippen molar-refractivity contribution in [1.82, 2.24) is 4.98 Å². The number of anilines is 1. The Balaban J connectivity index is 1.47. The molecule has 0 radical (unpaired) electrons. The van der Waals surface area contributed by atoms with E-state index < -0.39 is 0 Å². The SMILES string of the molecule is Cc1cc(C)cc(-c2nc3cc(NC(=O)COc4cc(C)ccc4C(C)C)ccc3o2)c1. The van der Waals surface area contributed by atoms with Crippen molar-refractivity contribution in [2.24, 2.45) is 0 Å². The molecule has 0 aliphatic carbocycles. The van der Waals surface area contributed by atoms with Crippen molar-refractivity contribution in [1.29, 1.82) is 0 Å². The number of hydrogen-bond donors (Lipinski definition) is 1. The maximum Gasteiger partial charge on any atom is 0.262 e. The van der Waals surface area contributed by atoms with Gasteiger partial charge in [0, 0.05) is 11.3 Å². The van der Waals surface area contributed by atoms with Crippen molar-refractivity contribution in [3.8, 4) is 17.2 Å². The molecule has 32 heavy (non-hydrogen) atoms. The normalized spacial score (nSPS) is 11.2. The highest BCUT2D eigenvalue weighted by molar-refractivity contribution is 5.94. The molecule has 0 spiro atoms. The number of aryl methyl sites for hydroxylation is 3. The van der Waals surface area contributed by atoms with E-state index in [9.17, 15) is 4.79 Å². The summed E-state index contributed by atoms with van der Waals surface area (Å²) in [5, 5.41) is 2.89. The topological polar surface area (TPSA) is 64.4 Å². The van der Waals surface area contributed by atoms with E-state index in [1.165, 1.54) is 0 Å². The Labute approximate surface area is 188 Å². The predicted molar refractivity (Wildman–Crippen MR) is 128 cm³/mol. The number of amides is 1. The summed E-state index contributed by atoms with van der Waals surface area (Å²) < 4.78 is 11.8. The minimum Gasteiger partial charge on any atom is -0.483 e. The molecule has 0 unspecified atom stereocenters. The van der Waals surface area contributed by atoms with Gasteiger partial charge < -0.3 is 14.5 Å². The number of ether oxygens (including phenoxy) is 1. The molecule has 3 aromatic carbocycles. The van der Waals surface area contributed by atoms with Gasteiger partial charge in [-0.2, -0.15) is 0 Å². The molecule has 164 valence electrons. The molecule has 5 heteroatoms. The minimum atomic E-state index is -0.224. The van der Waals surface area contributed by atoms with E-state index in [-0.39, 0.29) is 12.5 Å². The number of nitrogens with one attached hydrogen (secondary N) is 1. The summed E-state index contributed by atoms with van der Waals surface area (Å²) >= 11 is 0. The average Bonchev–Trinajstić information content (AvgIpc) is 3.15. The quantitative estimate of drug-likeness (QED) is 0.378. The minimum absolute atomic E-state index is 0.0617. The number of carbonyl (C=O) groups is 1. The van der Waals surface area contributed by atoms with Crippen molar-refractivity contribution < 1.29 is 13.9 Å². The van der Waals surface area contributed by atoms with E-state index in [0.29, 0.717) is 28.6 Å². The van der Waals surface area contributed by atoms with Crippen LogP contribution in [0.25, 0.3) is 22.6 Å². The van der Waals surface area contributed by atoms with Crippen molar-refractivity contribution in [2.75, 3.05) is 11.9 Å². The molecule has 1 N–H and O–H groups in total. The number of benzene rings is 3. The summed E-state index contributed by atoms with van der Waals surface area (Å²) in [7, 11) is 0. The monoisotopic (exact) mass is 428 g/mol. The maximum absolute atomic E-state index is 12.5. The van der Waals surface area contributed by atoms with E-state index in [0.717, 1.165) is 33.6 Å². The van der Waals surface area contributed by atoms with E-state index in [4.69, 9.17) is 9.15 Å². The number of aromatic nitrogens is 1. The molecular formula is C27H28N2O3. The summed E-state index contributed by atoms with van der Waals surface area (Å²) in [5.41, 5.74) is 7.46. The first kappa shape index (κ1) is 21.6. The summed E-state index contributed by atoms with van der Waals surface area (Å²) in [4.78, 5) is 17.1. The molecule has 0 saturated carbocycles. The Morgan fingerprint density at radius 3 is 2.44 bits per heavy atom. The molecule has 4 aromatic rings. The van der Waals surface area contributed by atoms with Gasteiger partial charge in [-0.1, -0.05) is 43.2 Å². The van der Waals surface area contributed by atoms with Crippen LogP contribution in [-0.2, 0) is 4.79 Å². The zero-order valence-electron chi connectivity index (χ0n) is 19.2. The van der Waals surface area contributed by atoms with Crippen LogP contribution < -0.4 is 10.1 Å². The predicted octanol–water partition coefficient (Wildman–Crippen LogP) is 6.56. The number of oxazole rings is 1. The van der Waals surface area contributed by atoms with Gasteiger partial charge in [-0.25, -0.2) is 4.98 Å². The molecule has 1 aromatic heterocycles. The number of nitrogens with zero attached hydrogens (tertiary/aromatic N) is 1. The lowest BCUT2D eigenvalue weighted by molar-refractivity contribution is -0.118. The summed E-state index contributed by atoms with van der Waals surface area (Å²) in [5.74, 6) is 1.41. The van der Waals surface area contributed by atoms with Crippen LogP contribution in [0.4, 0.5) is 5.69 Å². The second-order valence-corrected chi connectivity index (χ2v) is 8.61. The van der Waals surface area contributed by atoms with E-state index >= 15 is 0 Å². The molecular weight excluding hydrogens is 400 g/mol. The van der Waals surface area contributed by atoms with Gasteiger partial charge in [0.25, 0.3) is 5.91 Å². The largest absolute Gasteiger partial charge is 0.483 e. The molecule has 0 fully saturated rings. The van der Waals surface area contributed by atoms with Gasteiger partial charge in [-0.05, 0) is 74.2 Å². The van der Waals surface area contributed by atoms with Crippen molar-refractivity contribution in [3.05, 3.63) is 76.9 Å². The van der Waals surface area contributed by atoms with Gasteiger partial charge in [0.1, 0.15) is 11.3 Å². The number of carbonyl (C=O) groups excluding carboxylic acids is 1. The molecule has 0 atom stereocenters. The molecule has 1 amide bonds. The standard InChI is InChI=1S/C27H28N2O3/c1-16(2)22-8-6-17(3)13-25(22)31-15-26(30)28-21-7-9-24-23(14-21)29-27(32-24)20-11-18(4)10-19(5)12-20/h6-14,16H,15H2,1-5H3,(H,28,30). The molecule has 0 bridgehead atoms. The van der Waals surface area contributed by atoms with E-state index in [1.54, 1.807) is 0 Å². The maximum atomic E-state index is 12.5. The first-order valence-electron chi connectivity index (χ1n) is 10.8. The van der Waals surface area contributed by atoms with Gasteiger partial charge in [-0.15, -0.1) is 0 Å². The van der Waals surface area contributed by atoms with E-state index in [1.807, 2.05) is 31.2 Å². The van der Waals surface area contributed by atoms with Crippen LogP contribution in [0.5, 0.6) is 5.75 Å². The Bertz CT molecular complexity index is 1270. The Morgan fingerprint density at radius 1 is 0.969 bits per heavy atom. The van der Waals surface area contributed by atoms with Gasteiger partial charge in [0.2, 0.25) is 5.89 Å². The van der Waals surface area contributed by atoms with Crippen LogP contribution in [-0.4, -0.2) is 17.5 Å². The molecule has 1 heterocycles. The van der Waals surface area contributed by atoms with Gasteiger partial charge in [0.05, 0.1) is 0 Å². The van der Waals surface area contributed by atoms with Crippen LogP contribution >= 0.6 is 0 Å². The van der Waals surface area contributed by atoms with Crippen LogP contribution in [0.3, 0.4) is 0 Å². The fourth-order valence-corrected chi connectivity index (χ4v) is 3.81. The molecule has 0 aliphatic rings. The van der Waals surface area contributed by atoms with Crippen molar-refractivity contribution >= 4 is 22.7 Å². The van der Waals surface area contributed by atoms with Gasteiger partial charge >= 0.3 is 0 Å². The zero-order chi connectivity index (χ0) is 22.8. The van der Waals surface area contributed by atoms with Crippen LogP contribution in [0.1, 0.15) is 42.0 Å². The first-order chi connectivity index (χ1) is 15.3. The summed E-state index contributed by atoms with van der Waals surface area (Å²) in [6.45, 7) is 10.3. The fraction of sp³-hybridized carbons (Fsp3) is 0.259. The zero-order valence-corrected chi connectivity index (χ0v) is 19.2. The molecule has 5 nitrogen and oxygen atoms in total. The number of rotatable bonds is 6. The Kier molecular flexibility index (Phi) is 5.99. The van der Waals surface area contributed by atoms with Crippen LogP contribution in [0.2, 0.25) is 0 Å². The third-order valence-corrected chi connectivity index (χ3v) is 5.29.